The number of carbonyl (C=O) groups is 2. The number of anilines is 1. The van der Waals surface area contributed by atoms with Crippen LogP contribution >= 0.6 is 0 Å². The third-order valence-corrected chi connectivity index (χ3v) is 11.7. The van der Waals surface area contributed by atoms with Crippen molar-refractivity contribution in [2.75, 3.05) is 78.4 Å². The number of nitrogens with one attached hydrogen (secondary N) is 1. The van der Waals surface area contributed by atoms with Gasteiger partial charge in [-0.3, -0.25) is 41.7 Å². The van der Waals surface area contributed by atoms with Crippen LogP contribution in [0.5, 0.6) is 11.5 Å². The van der Waals surface area contributed by atoms with E-state index < -0.39 is 77.5 Å². The number of H-pyrrole nitrogens is 1. The Kier molecular flexibility index (Phi) is 25.3. The molecule has 1 saturated heterocycles. The van der Waals surface area contributed by atoms with Crippen LogP contribution in [0.2, 0.25) is 0 Å². The highest BCUT2D eigenvalue weighted by Gasteiger charge is 2.42. The van der Waals surface area contributed by atoms with Crippen molar-refractivity contribution in [3.05, 3.63) is 59.4 Å². The van der Waals surface area contributed by atoms with Crippen molar-refractivity contribution in [3.8, 4) is 11.5 Å². The number of tetrazole rings is 1. The highest BCUT2D eigenvalue weighted by molar-refractivity contribution is 5.68. The monoisotopic (exact) mass is 1050 g/mol. The van der Waals surface area contributed by atoms with Gasteiger partial charge in [0.25, 0.3) is 0 Å². The molecule has 73 heavy (non-hydrogen) atoms. The maximum Gasteiger partial charge on any atom is 0.508 e. The van der Waals surface area contributed by atoms with Gasteiger partial charge in [0.2, 0.25) is 0 Å². The van der Waals surface area contributed by atoms with Crippen molar-refractivity contribution in [3.63, 3.8) is 0 Å². The molecule has 31 nitrogen and oxygen atoms in total. The number of aromatic amines is 1. The molecular weight excluding hydrogens is 981 g/mol. The van der Waals surface area contributed by atoms with Gasteiger partial charge in [0.1, 0.15) is 43.5 Å². The lowest BCUT2D eigenvalue weighted by molar-refractivity contribution is -0.527. The Bertz CT molecular complexity index is 2010. The second-order valence-electron chi connectivity index (χ2n) is 16.6. The number of unbranched alkanes of at least 4 members (excludes halogenated alkanes) is 2. The summed E-state index contributed by atoms with van der Waals surface area (Å²) in [7, 11) is 3.22. The average Bonchev–Trinajstić information content (AvgIpc) is 3.91. The van der Waals surface area contributed by atoms with Crippen LogP contribution in [0.3, 0.4) is 0 Å². The highest BCUT2D eigenvalue weighted by Crippen LogP contribution is 2.40. The van der Waals surface area contributed by atoms with Crippen molar-refractivity contribution in [1.29, 1.82) is 0 Å². The third-order valence-electron chi connectivity index (χ3n) is 11.7. The lowest BCUT2D eigenvalue weighted by Crippen LogP contribution is -2.53. The number of likely N-dealkylation sites (tertiary alicyclic amines) is 1. The van der Waals surface area contributed by atoms with Crippen molar-refractivity contribution in [2.45, 2.75) is 101 Å². The standard InChI is InChI=1S/C42H66N10O21/c1-63-18-7-16-47-17-21-65-37-15-10-29(22-36(37)47)26-68-39-25-48(41(53)66-19-5-3-8-33(72-51(59)60)27-69-49(55)56)31(23-35(39)30-11-13-32(64-2)14-12-30)24-38(40-43-45-46-44-40)71-42(54)67-20-6-4-9-34(73-52(61)62)28-70-50(57)58/h10-15,22,31,33-35,38-39,55-62H,3-9,16-21,23-28H2,1-2H3,(H,43,44,45,46). The summed E-state index contributed by atoms with van der Waals surface area (Å²) in [6, 6.07) is 12.6. The first-order valence-electron chi connectivity index (χ1n) is 23.3. The number of benzene rings is 2. The molecule has 6 unspecified atom stereocenters. The Labute approximate surface area is 418 Å². The molecule has 1 fully saturated rings. The minimum Gasteiger partial charge on any atom is -0.497 e. The summed E-state index contributed by atoms with van der Waals surface area (Å²) in [5.74, 6) is 1.08. The third kappa shape index (κ3) is 20.5. The zero-order chi connectivity index (χ0) is 52.5. The summed E-state index contributed by atoms with van der Waals surface area (Å²) in [5, 5.41) is 83.7. The quantitative estimate of drug-likeness (QED) is 0.0238. The maximum atomic E-state index is 14.3. The fourth-order valence-electron chi connectivity index (χ4n) is 8.26. The van der Waals surface area contributed by atoms with Crippen LogP contribution in [-0.4, -0.2) is 199 Å². The summed E-state index contributed by atoms with van der Waals surface area (Å²) >= 11 is 0. The molecule has 9 N–H and O–H groups in total. The Morgan fingerprint density at radius 2 is 1.49 bits per heavy atom. The fraction of sp³-hybridized carbons (Fsp3) is 0.643. The SMILES string of the molecule is COCCCN1CCOc2ccc(COC3CN(C(=O)OCCCCC(CON(O)O)ON(O)O)C(CC(OC(=O)OCCCCC(CON(O)O)ON(O)O)c4nnn[nH]4)CC3c3ccc(OC)cc3)cc21. The van der Waals surface area contributed by atoms with Gasteiger partial charge in [-0.15, -0.1) is 5.10 Å². The first-order valence-corrected chi connectivity index (χ1v) is 23.3. The molecule has 1 aromatic heterocycles. The zero-order valence-electron chi connectivity index (χ0n) is 40.4. The zero-order valence-corrected chi connectivity index (χ0v) is 40.4. The van der Waals surface area contributed by atoms with Crippen molar-refractivity contribution >= 4 is 17.9 Å². The molecule has 410 valence electrons. The molecule has 3 heterocycles. The van der Waals surface area contributed by atoms with E-state index in [1.54, 1.807) is 14.2 Å². The van der Waals surface area contributed by atoms with E-state index in [9.17, 15) is 9.59 Å². The number of nitrogens with zero attached hydrogens (tertiary/aromatic N) is 9. The summed E-state index contributed by atoms with van der Waals surface area (Å²) in [6.45, 7) is 1.58. The van der Waals surface area contributed by atoms with E-state index in [2.05, 4.69) is 35.2 Å². The molecule has 1 amide bonds. The molecule has 0 spiro atoms. The Hall–Kier alpha value is -5.27. The van der Waals surface area contributed by atoms with Crippen LogP contribution in [0.25, 0.3) is 0 Å². The van der Waals surface area contributed by atoms with Crippen LogP contribution in [0.4, 0.5) is 15.3 Å². The lowest BCUT2D eigenvalue weighted by atomic mass is 9.81. The minimum absolute atomic E-state index is 0.00678. The lowest BCUT2D eigenvalue weighted by Gasteiger charge is -2.44. The summed E-state index contributed by atoms with van der Waals surface area (Å²) in [5.41, 5.74) is 2.67. The number of methoxy groups -OCH3 is 2. The number of hydrogen-bond donors (Lipinski definition) is 9. The second kappa shape index (κ2) is 31.5. The van der Waals surface area contributed by atoms with Gasteiger partial charge in [0, 0.05) is 38.6 Å². The van der Waals surface area contributed by atoms with Crippen molar-refractivity contribution < 1.29 is 104 Å². The molecule has 2 aliphatic heterocycles. The molecule has 2 aliphatic rings. The fourth-order valence-corrected chi connectivity index (χ4v) is 8.26. The molecule has 0 saturated carbocycles. The summed E-state index contributed by atoms with van der Waals surface area (Å²) in [4.78, 5) is 49.9. The number of rotatable bonds is 33. The molecule has 2 aromatic carbocycles. The highest BCUT2D eigenvalue weighted by atomic mass is 17.1. The summed E-state index contributed by atoms with van der Waals surface area (Å²) < 4.78 is 40.5. The van der Waals surface area contributed by atoms with E-state index in [0.29, 0.717) is 31.9 Å². The molecule has 0 radical (unpaired) electrons. The number of aromatic nitrogens is 4. The van der Waals surface area contributed by atoms with E-state index in [4.69, 9.17) is 84.5 Å². The number of ether oxygens (including phenoxy) is 7. The van der Waals surface area contributed by atoms with E-state index in [1.807, 2.05) is 42.5 Å². The van der Waals surface area contributed by atoms with Crippen LogP contribution < -0.4 is 14.4 Å². The Morgan fingerprint density at radius 1 is 0.822 bits per heavy atom. The molecule has 0 aliphatic carbocycles. The average molecular weight is 1050 g/mol. The Morgan fingerprint density at radius 3 is 2.10 bits per heavy atom. The second-order valence-corrected chi connectivity index (χ2v) is 16.6. The molecule has 6 atom stereocenters. The molecule has 31 heteroatoms. The van der Waals surface area contributed by atoms with Crippen LogP contribution in [0.15, 0.2) is 42.5 Å². The number of fused-ring (bicyclic) bond motifs is 1. The van der Waals surface area contributed by atoms with Crippen LogP contribution in [-0.2, 0) is 49.6 Å². The maximum absolute atomic E-state index is 14.3. The van der Waals surface area contributed by atoms with Gasteiger partial charge in [0.05, 0.1) is 73.4 Å². The van der Waals surface area contributed by atoms with Gasteiger partial charge < -0.3 is 43.0 Å². The smallest absolute Gasteiger partial charge is 0.497 e. The minimum atomic E-state index is -1.19. The normalized spacial score (nSPS) is 18.2. The summed E-state index contributed by atoms with van der Waals surface area (Å²) in [6.07, 6.45) is -3.40. The van der Waals surface area contributed by atoms with Gasteiger partial charge >= 0.3 is 12.2 Å². The number of piperidine rings is 1. The predicted molar refractivity (Wildman–Crippen MR) is 236 cm³/mol. The molecule has 3 aromatic rings. The van der Waals surface area contributed by atoms with Gasteiger partial charge in [0.15, 0.2) is 11.9 Å². The molecule has 5 rings (SSSR count). The first-order chi connectivity index (χ1) is 35.2. The van der Waals surface area contributed by atoms with E-state index in [1.165, 1.54) is 4.90 Å². The van der Waals surface area contributed by atoms with E-state index in [-0.39, 0.29) is 83.1 Å². The van der Waals surface area contributed by atoms with Crippen molar-refractivity contribution in [2.24, 2.45) is 0 Å². The Balaban J connectivity index is 1.35. The molecule has 0 bridgehead atoms. The number of hydrogen-bond acceptors (Lipinski definition) is 29. The van der Waals surface area contributed by atoms with E-state index >= 15 is 0 Å². The largest absolute Gasteiger partial charge is 0.508 e. The van der Waals surface area contributed by atoms with Gasteiger partial charge in [-0.25, -0.2) is 34.0 Å². The molecular formula is C42H66N10O21. The van der Waals surface area contributed by atoms with Gasteiger partial charge in [-0.2, -0.15) is 0 Å². The van der Waals surface area contributed by atoms with Crippen LogP contribution in [0.1, 0.15) is 86.8 Å². The van der Waals surface area contributed by atoms with Gasteiger partial charge in [-0.05, 0) is 97.2 Å². The van der Waals surface area contributed by atoms with Gasteiger partial charge in [-0.1, -0.05) is 18.2 Å². The van der Waals surface area contributed by atoms with E-state index in [0.717, 1.165) is 35.5 Å². The van der Waals surface area contributed by atoms with Crippen LogP contribution in [0, 0.1) is 0 Å². The number of amides is 1. The van der Waals surface area contributed by atoms with Crippen molar-refractivity contribution in [1.82, 2.24) is 47.1 Å². The number of carbonyl (C=O) groups excluding carboxylic acids is 2. The predicted octanol–water partition coefficient (Wildman–Crippen LogP) is 3.73. The topological polar surface area (TPSA) is 371 Å². The first kappa shape index (κ1) is 58.6.